The third-order valence-electron chi connectivity index (χ3n) is 3.79. The molecule has 5 nitrogen and oxygen atoms in total. The molecule has 3 atom stereocenters. The van der Waals surface area contributed by atoms with E-state index in [-0.39, 0.29) is 18.1 Å². The molecule has 94 valence electrons. The van der Waals surface area contributed by atoms with Gasteiger partial charge in [0.05, 0.1) is 13.2 Å². The molecular formula is C13H15N2O3+. The number of ether oxygens (including phenoxy) is 1. The summed E-state index contributed by atoms with van der Waals surface area (Å²) in [5, 5.41) is 0. The van der Waals surface area contributed by atoms with E-state index in [9.17, 15) is 9.70 Å². The van der Waals surface area contributed by atoms with Crippen LogP contribution in [0.15, 0.2) is 30.3 Å². The maximum Gasteiger partial charge on any atom is 0.532 e. The van der Waals surface area contributed by atoms with E-state index >= 15 is 0 Å². The second-order valence-electron chi connectivity index (χ2n) is 4.77. The van der Waals surface area contributed by atoms with Crippen molar-refractivity contribution in [2.24, 2.45) is 0 Å². The van der Waals surface area contributed by atoms with Crippen LogP contribution in [0.5, 0.6) is 0 Å². The number of nitrogens with zero attached hydrogens (tertiary/aromatic N) is 2. The van der Waals surface area contributed by atoms with Crippen molar-refractivity contribution in [3.63, 3.8) is 0 Å². The van der Waals surface area contributed by atoms with Crippen molar-refractivity contribution in [3.8, 4) is 0 Å². The van der Waals surface area contributed by atoms with E-state index in [1.165, 1.54) is 0 Å². The summed E-state index contributed by atoms with van der Waals surface area (Å²) in [4.78, 5) is 25.4. The summed E-state index contributed by atoms with van der Waals surface area (Å²) >= 11 is 0. The summed E-state index contributed by atoms with van der Waals surface area (Å²) in [6.45, 7) is 2.74. The van der Waals surface area contributed by atoms with Gasteiger partial charge in [0.15, 0.2) is 6.04 Å². The van der Waals surface area contributed by atoms with Gasteiger partial charge in [-0.3, -0.25) is 0 Å². The highest BCUT2D eigenvalue weighted by molar-refractivity contribution is 5.69. The van der Waals surface area contributed by atoms with E-state index in [0.29, 0.717) is 18.0 Å². The average Bonchev–Trinajstić information content (AvgIpc) is 2.95. The van der Waals surface area contributed by atoms with Gasteiger partial charge in [0.1, 0.15) is 6.04 Å². The summed E-state index contributed by atoms with van der Waals surface area (Å²) in [5.74, 6) is 0. The number of urea groups is 1. The van der Waals surface area contributed by atoms with Crippen LogP contribution in [0.25, 0.3) is 0 Å². The maximum atomic E-state index is 12.0. The molecule has 5 heteroatoms. The van der Waals surface area contributed by atoms with Gasteiger partial charge in [-0.1, -0.05) is 35.2 Å². The predicted octanol–water partition coefficient (Wildman–Crippen LogP) is 1.73. The first kappa shape index (κ1) is 11.3. The molecular weight excluding hydrogens is 232 g/mol. The van der Waals surface area contributed by atoms with Crippen molar-refractivity contribution in [1.82, 2.24) is 4.90 Å². The first-order valence-electron chi connectivity index (χ1n) is 6.11. The Bertz CT molecular complexity index is 488. The molecule has 0 unspecified atom stereocenters. The number of carbonyl (C=O) groups is 1. The number of carbonyl (C=O) groups excluding carboxylic acids is 1. The van der Waals surface area contributed by atoms with Gasteiger partial charge >= 0.3 is 6.03 Å². The van der Waals surface area contributed by atoms with Crippen molar-refractivity contribution in [2.45, 2.75) is 25.0 Å². The molecule has 0 aromatic heterocycles. The highest BCUT2D eigenvalue weighted by atomic mass is 16.5. The molecule has 0 spiro atoms. The molecule has 2 heterocycles. The second kappa shape index (κ2) is 4.17. The van der Waals surface area contributed by atoms with Crippen LogP contribution in [0.2, 0.25) is 0 Å². The van der Waals surface area contributed by atoms with Gasteiger partial charge in [0.2, 0.25) is 6.04 Å². The number of rotatable bonds is 2. The van der Waals surface area contributed by atoms with Gasteiger partial charge < -0.3 is 4.74 Å². The number of hydrogen-bond donors (Lipinski definition) is 0. The number of hydrogen-bond acceptors (Lipinski definition) is 3. The van der Waals surface area contributed by atoms with Crippen LogP contribution in [0.4, 0.5) is 4.79 Å². The fourth-order valence-electron chi connectivity index (χ4n) is 2.76. The second-order valence-corrected chi connectivity index (χ2v) is 4.77. The first-order chi connectivity index (χ1) is 8.70. The molecule has 0 N–H and O–H groups in total. The molecule has 1 aromatic carbocycles. The smallest absolute Gasteiger partial charge is 0.372 e. The Kier molecular flexibility index (Phi) is 2.63. The molecule has 0 radical (unpaired) electrons. The van der Waals surface area contributed by atoms with Crippen LogP contribution >= 0.6 is 0 Å². The normalized spacial score (nSPS) is 28.6. The lowest BCUT2D eigenvalue weighted by Gasteiger charge is -2.20. The SMILES string of the molecule is C[C@H](c1ccccc1)N1C(=O)[N+](=O)[C@@H]2COC[C@@H]21. The maximum absolute atomic E-state index is 12.0. The minimum atomic E-state index is -0.440. The molecule has 3 rings (SSSR count). The highest BCUT2D eigenvalue weighted by Crippen LogP contribution is 2.32. The van der Waals surface area contributed by atoms with Gasteiger partial charge in [-0.05, 0) is 12.5 Å². The van der Waals surface area contributed by atoms with Crippen LogP contribution in [0.1, 0.15) is 18.5 Å². The van der Waals surface area contributed by atoms with Crippen molar-refractivity contribution >= 4 is 6.03 Å². The number of fused-ring (bicyclic) bond motifs is 1. The Labute approximate surface area is 105 Å². The van der Waals surface area contributed by atoms with Gasteiger partial charge in [0, 0.05) is 4.76 Å². The molecule has 0 aliphatic carbocycles. The molecule has 0 bridgehead atoms. The quantitative estimate of drug-likeness (QED) is 0.748. The van der Waals surface area contributed by atoms with Crippen molar-refractivity contribution in [2.75, 3.05) is 13.2 Å². The topological polar surface area (TPSA) is 49.6 Å². The fourth-order valence-corrected chi connectivity index (χ4v) is 2.76. The summed E-state index contributed by atoms with van der Waals surface area (Å²) in [5.41, 5.74) is 1.03. The standard InChI is InChI=1S/C13H15N2O3/c1-9(10-5-3-2-4-6-10)14-11-7-18-8-12(11)15(17)13(14)16/h2-6,9,11-12H,7-8H2,1H3/q+1/t9-,11+,12-/m1/s1. The number of amides is 2. The summed E-state index contributed by atoms with van der Waals surface area (Å²) in [6, 6.07) is 8.73. The van der Waals surface area contributed by atoms with E-state index in [1.54, 1.807) is 4.90 Å². The monoisotopic (exact) mass is 247 g/mol. The summed E-state index contributed by atoms with van der Waals surface area (Å²) < 4.78 is 5.88. The van der Waals surface area contributed by atoms with E-state index in [1.807, 2.05) is 37.3 Å². The molecule has 2 aliphatic heterocycles. The molecule has 2 aliphatic rings. The lowest BCUT2D eigenvalue weighted by molar-refractivity contribution is -0.476. The third kappa shape index (κ3) is 1.54. The van der Waals surface area contributed by atoms with Crippen LogP contribution in [0.3, 0.4) is 0 Å². The summed E-state index contributed by atoms with van der Waals surface area (Å²) in [7, 11) is 0. The van der Waals surface area contributed by atoms with E-state index in [4.69, 9.17) is 4.74 Å². The Morgan fingerprint density at radius 3 is 2.78 bits per heavy atom. The molecule has 1 aromatic rings. The number of nitroso groups, excluding NO2 is 1. The molecule has 2 fully saturated rings. The van der Waals surface area contributed by atoms with E-state index in [2.05, 4.69) is 0 Å². The third-order valence-corrected chi connectivity index (χ3v) is 3.79. The minimum absolute atomic E-state index is 0.105. The van der Waals surface area contributed by atoms with Crippen LogP contribution in [-0.2, 0) is 4.74 Å². The molecule has 2 saturated heterocycles. The predicted molar refractivity (Wildman–Crippen MR) is 64.1 cm³/mol. The minimum Gasteiger partial charge on any atom is -0.372 e. The summed E-state index contributed by atoms with van der Waals surface area (Å²) in [6.07, 6.45) is 0. The van der Waals surface area contributed by atoms with Crippen molar-refractivity contribution < 1.29 is 14.3 Å². The average molecular weight is 247 g/mol. The van der Waals surface area contributed by atoms with Gasteiger partial charge in [0.25, 0.3) is 0 Å². The largest absolute Gasteiger partial charge is 0.532 e. The Hall–Kier alpha value is -1.75. The number of benzene rings is 1. The first-order valence-corrected chi connectivity index (χ1v) is 6.11. The highest BCUT2D eigenvalue weighted by Gasteiger charge is 2.59. The van der Waals surface area contributed by atoms with Gasteiger partial charge in [-0.2, -0.15) is 4.79 Å². The molecule has 0 saturated carbocycles. The van der Waals surface area contributed by atoms with Crippen LogP contribution in [-0.4, -0.2) is 41.0 Å². The zero-order valence-electron chi connectivity index (χ0n) is 10.2. The van der Waals surface area contributed by atoms with Crippen molar-refractivity contribution in [3.05, 3.63) is 40.8 Å². The molecule has 2 amide bonds. The van der Waals surface area contributed by atoms with Gasteiger partial charge in [-0.15, -0.1) is 0 Å². The van der Waals surface area contributed by atoms with Gasteiger partial charge in [-0.25, -0.2) is 4.90 Å². The van der Waals surface area contributed by atoms with Crippen molar-refractivity contribution in [1.29, 1.82) is 0 Å². The van der Waals surface area contributed by atoms with E-state index in [0.717, 1.165) is 5.56 Å². The fraction of sp³-hybridized carbons (Fsp3) is 0.462. The Morgan fingerprint density at radius 1 is 1.33 bits per heavy atom. The zero-order valence-corrected chi connectivity index (χ0v) is 10.2. The van der Waals surface area contributed by atoms with Crippen LogP contribution < -0.4 is 0 Å². The Balaban J connectivity index is 1.92. The lowest BCUT2D eigenvalue weighted by atomic mass is 10.0. The Morgan fingerprint density at radius 2 is 2.06 bits per heavy atom. The molecule has 18 heavy (non-hydrogen) atoms. The zero-order chi connectivity index (χ0) is 12.7. The van der Waals surface area contributed by atoms with Crippen LogP contribution in [0, 0.1) is 4.91 Å². The van der Waals surface area contributed by atoms with E-state index < -0.39 is 6.03 Å². The lowest BCUT2D eigenvalue weighted by Crippen LogP contribution is -2.38.